The number of aromatic nitrogens is 1. The van der Waals surface area contributed by atoms with Crippen LogP contribution in [-0.4, -0.2) is 17.6 Å². The van der Waals surface area contributed by atoms with Crippen molar-refractivity contribution in [1.82, 2.24) is 10.3 Å². The number of rotatable bonds is 6. The van der Waals surface area contributed by atoms with Gasteiger partial charge in [0.25, 0.3) is 0 Å². The Bertz CT molecular complexity index is 372. The molecule has 0 radical (unpaired) electrons. The molecule has 0 atom stereocenters. The fourth-order valence-electron chi connectivity index (χ4n) is 1.43. The van der Waals surface area contributed by atoms with E-state index in [4.69, 9.17) is 4.74 Å². The zero-order valence-electron chi connectivity index (χ0n) is 11.2. The molecule has 94 valence electrons. The van der Waals surface area contributed by atoms with E-state index in [1.165, 1.54) is 5.56 Å². The van der Waals surface area contributed by atoms with E-state index in [1.54, 1.807) is 0 Å². The lowest BCUT2D eigenvalue weighted by atomic mass is 10.2. The lowest BCUT2D eigenvalue weighted by molar-refractivity contribution is 0.347. The third kappa shape index (κ3) is 5.50. The number of pyridine rings is 1. The summed E-state index contributed by atoms with van der Waals surface area (Å²) in [6, 6.07) is 4.56. The van der Waals surface area contributed by atoms with Crippen LogP contribution >= 0.6 is 0 Å². The second kappa shape index (κ2) is 7.07. The molecule has 1 rings (SSSR count). The molecule has 3 heteroatoms. The van der Waals surface area contributed by atoms with Gasteiger partial charge < -0.3 is 10.1 Å². The topological polar surface area (TPSA) is 34.1 Å². The van der Waals surface area contributed by atoms with Gasteiger partial charge in [0.2, 0.25) is 5.88 Å². The quantitative estimate of drug-likeness (QED) is 0.769. The van der Waals surface area contributed by atoms with Gasteiger partial charge in [-0.1, -0.05) is 26.0 Å². The fourth-order valence-corrected chi connectivity index (χ4v) is 1.43. The lowest BCUT2D eigenvalue weighted by Crippen LogP contribution is -2.21. The molecule has 0 aliphatic carbocycles. The number of allylic oxidation sites excluding steroid dienone is 1. The second-order valence-electron chi connectivity index (χ2n) is 4.37. The first-order valence-corrected chi connectivity index (χ1v) is 6.06. The molecule has 1 heterocycles. The molecule has 0 saturated carbocycles. The molecule has 0 saturated heterocycles. The Balaban J connectivity index is 2.65. The van der Waals surface area contributed by atoms with Crippen molar-refractivity contribution in [2.75, 3.05) is 6.61 Å². The molecule has 17 heavy (non-hydrogen) atoms. The van der Waals surface area contributed by atoms with Gasteiger partial charge in [0.05, 0.1) is 0 Å². The molecule has 3 nitrogen and oxygen atoms in total. The number of aryl methyl sites for hydroxylation is 1. The average molecular weight is 234 g/mol. The maximum absolute atomic E-state index is 5.55. The van der Waals surface area contributed by atoms with Gasteiger partial charge in [-0.25, -0.2) is 4.98 Å². The molecule has 1 N–H and O–H groups in total. The van der Waals surface area contributed by atoms with Crippen molar-refractivity contribution in [3.63, 3.8) is 0 Å². The first-order chi connectivity index (χ1) is 8.11. The molecule has 0 aromatic carbocycles. The average Bonchev–Trinajstić information content (AvgIpc) is 2.26. The summed E-state index contributed by atoms with van der Waals surface area (Å²) >= 11 is 0. The normalized spacial score (nSPS) is 11.4. The van der Waals surface area contributed by atoms with Crippen LogP contribution in [0.3, 0.4) is 0 Å². The predicted octanol–water partition coefficient (Wildman–Crippen LogP) is 2.84. The van der Waals surface area contributed by atoms with Gasteiger partial charge in [-0.15, -0.1) is 0 Å². The summed E-state index contributed by atoms with van der Waals surface area (Å²) in [5, 5.41) is 3.39. The molecule has 0 unspecified atom stereocenters. The number of hydrogen-bond acceptors (Lipinski definition) is 3. The highest BCUT2D eigenvalue weighted by atomic mass is 16.5. The van der Waals surface area contributed by atoms with Crippen LogP contribution in [-0.2, 0) is 6.54 Å². The van der Waals surface area contributed by atoms with Gasteiger partial charge in [-0.05, 0) is 25.5 Å². The van der Waals surface area contributed by atoms with Crippen LogP contribution in [0.15, 0.2) is 24.3 Å². The fraction of sp³-hybridized carbons (Fsp3) is 0.500. The van der Waals surface area contributed by atoms with Crippen LogP contribution in [0.4, 0.5) is 0 Å². The summed E-state index contributed by atoms with van der Waals surface area (Å²) in [6.45, 7) is 9.66. The molecule has 1 aromatic heterocycles. The number of hydrogen-bond donors (Lipinski definition) is 1. The van der Waals surface area contributed by atoms with Crippen molar-refractivity contribution in [3.05, 3.63) is 35.5 Å². The van der Waals surface area contributed by atoms with Crippen molar-refractivity contribution in [1.29, 1.82) is 0 Å². The Kier molecular flexibility index (Phi) is 5.70. The van der Waals surface area contributed by atoms with E-state index >= 15 is 0 Å². The molecule has 0 amide bonds. The van der Waals surface area contributed by atoms with Gasteiger partial charge in [0.1, 0.15) is 6.61 Å². The Hall–Kier alpha value is -1.35. The van der Waals surface area contributed by atoms with Crippen molar-refractivity contribution >= 4 is 0 Å². The standard InChI is InChI=1S/C14H22N2O/c1-5-6-7-17-14-9-13(8-12(4)16-14)10-15-11(2)3/h5-6,8-9,11,15H,7,10H2,1-4H3/b6-5+. The highest BCUT2D eigenvalue weighted by Crippen LogP contribution is 2.12. The summed E-state index contributed by atoms with van der Waals surface area (Å²) in [7, 11) is 0. The second-order valence-corrected chi connectivity index (χ2v) is 4.37. The Morgan fingerprint density at radius 3 is 2.82 bits per heavy atom. The van der Waals surface area contributed by atoms with E-state index in [2.05, 4.69) is 30.2 Å². The predicted molar refractivity (Wildman–Crippen MR) is 71.3 cm³/mol. The minimum Gasteiger partial charge on any atom is -0.473 e. The van der Waals surface area contributed by atoms with Crippen LogP contribution < -0.4 is 10.1 Å². The third-order valence-electron chi connectivity index (χ3n) is 2.27. The number of ether oxygens (including phenoxy) is 1. The first kappa shape index (κ1) is 13.7. The summed E-state index contributed by atoms with van der Waals surface area (Å²) in [6.07, 6.45) is 3.94. The Labute approximate surface area is 104 Å². The van der Waals surface area contributed by atoms with Gasteiger partial charge in [-0.3, -0.25) is 0 Å². The summed E-state index contributed by atoms with van der Waals surface area (Å²) < 4.78 is 5.55. The van der Waals surface area contributed by atoms with E-state index in [1.807, 2.05) is 32.1 Å². The van der Waals surface area contributed by atoms with Crippen LogP contribution in [0.25, 0.3) is 0 Å². The van der Waals surface area contributed by atoms with E-state index in [9.17, 15) is 0 Å². The SMILES string of the molecule is C/C=C/COc1cc(CNC(C)C)cc(C)n1. The molecule has 0 bridgehead atoms. The molecule has 0 aliphatic heterocycles. The zero-order chi connectivity index (χ0) is 12.7. The summed E-state index contributed by atoms with van der Waals surface area (Å²) in [4.78, 5) is 4.35. The first-order valence-electron chi connectivity index (χ1n) is 6.06. The maximum atomic E-state index is 5.55. The Morgan fingerprint density at radius 2 is 2.18 bits per heavy atom. The van der Waals surface area contributed by atoms with Crippen LogP contribution in [0.1, 0.15) is 32.0 Å². The van der Waals surface area contributed by atoms with E-state index < -0.39 is 0 Å². The van der Waals surface area contributed by atoms with Gasteiger partial charge in [0.15, 0.2) is 0 Å². The van der Waals surface area contributed by atoms with Crippen molar-refractivity contribution in [2.24, 2.45) is 0 Å². The Morgan fingerprint density at radius 1 is 1.41 bits per heavy atom. The number of nitrogens with one attached hydrogen (secondary N) is 1. The molecular weight excluding hydrogens is 212 g/mol. The van der Waals surface area contributed by atoms with Crippen LogP contribution in [0.2, 0.25) is 0 Å². The van der Waals surface area contributed by atoms with E-state index in [0.717, 1.165) is 12.2 Å². The maximum Gasteiger partial charge on any atom is 0.214 e. The molecule has 0 aliphatic rings. The molecule has 0 spiro atoms. The summed E-state index contributed by atoms with van der Waals surface area (Å²) in [5.74, 6) is 0.698. The third-order valence-corrected chi connectivity index (χ3v) is 2.27. The molecular formula is C14H22N2O. The minimum absolute atomic E-state index is 0.482. The monoisotopic (exact) mass is 234 g/mol. The highest BCUT2D eigenvalue weighted by Gasteiger charge is 2.01. The van der Waals surface area contributed by atoms with E-state index in [0.29, 0.717) is 18.5 Å². The van der Waals surface area contributed by atoms with Gasteiger partial charge in [-0.2, -0.15) is 0 Å². The molecule has 1 aromatic rings. The molecule has 0 fully saturated rings. The minimum atomic E-state index is 0.482. The van der Waals surface area contributed by atoms with Gasteiger partial charge >= 0.3 is 0 Å². The van der Waals surface area contributed by atoms with Crippen molar-refractivity contribution in [2.45, 2.75) is 40.3 Å². The van der Waals surface area contributed by atoms with Gasteiger partial charge in [0, 0.05) is 24.3 Å². The smallest absolute Gasteiger partial charge is 0.214 e. The van der Waals surface area contributed by atoms with E-state index in [-0.39, 0.29) is 0 Å². The van der Waals surface area contributed by atoms with Crippen molar-refractivity contribution < 1.29 is 4.74 Å². The van der Waals surface area contributed by atoms with Crippen LogP contribution in [0.5, 0.6) is 5.88 Å². The summed E-state index contributed by atoms with van der Waals surface area (Å²) in [5.41, 5.74) is 2.20. The number of nitrogens with zero attached hydrogens (tertiary/aromatic N) is 1. The van der Waals surface area contributed by atoms with Crippen molar-refractivity contribution in [3.8, 4) is 5.88 Å². The largest absolute Gasteiger partial charge is 0.473 e. The lowest BCUT2D eigenvalue weighted by Gasteiger charge is -2.10. The zero-order valence-corrected chi connectivity index (χ0v) is 11.2. The van der Waals surface area contributed by atoms with Crippen LogP contribution in [0, 0.1) is 6.92 Å². The highest BCUT2D eigenvalue weighted by molar-refractivity contribution is 5.24.